The lowest BCUT2D eigenvalue weighted by Crippen LogP contribution is -2.55. The van der Waals surface area contributed by atoms with Crippen LogP contribution in [-0.4, -0.2) is 41.8 Å². The minimum atomic E-state index is -0.107. The Morgan fingerprint density at radius 3 is 2.88 bits per heavy atom. The van der Waals surface area contributed by atoms with E-state index in [0.717, 1.165) is 25.7 Å². The van der Waals surface area contributed by atoms with Crippen LogP contribution in [0.25, 0.3) is 0 Å². The quantitative estimate of drug-likeness (QED) is 0.713. The molecule has 0 spiro atoms. The van der Waals surface area contributed by atoms with Gasteiger partial charge in [0.25, 0.3) is 0 Å². The molecular formula is C12H20N2O2. The number of fused-ring (bicyclic) bond motifs is 1. The second-order valence-corrected chi connectivity index (χ2v) is 5.15. The van der Waals surface area contributed by atoms with Gasteiger partial charge in [-0.3, -0.25) is 4.79 Å². The fourth-order valence-corrected chi connectivity index (χ4v) is 3.02. The smallest absolute Gasteiger partial charge is 0.223 e. The van der Waals surface area contributed by atoms with Crippen LogP contribution >= 0.6 is 0 Å². The molecule has 0 saturated carbocycles. The standard InChI is InChI=1S/C12H20N2O2/c1-8(2)13-10-4-3-5-14-11(16)6-9(7-15)12(10)14/h7-10,12-13H,3-6H2,1-2H3. The van der Waals surface area contributed by atoms with Gasteiger partial charge in [-0.25, -0.2) is 0 Å². The van der Waals surface area contributed by atoms with Gasteiger partial charge in [-0.15, -0.1) is 0 Å². The molecule has 0 aromatic carbocycles. The number of carbonyl (C=O) groups excluding carboxylic acids is 2. The Labute approximate surface area is 96.4 Å². The predicted molar refractivity (Wildman–Crippen MR) is 61.0 cm³/mol. The molecule has 16 heavy (non-hydrogen) atoms. The van der Waals surface area contributed by atoms with E-state index in [2.05, 4.69) is 19.2 Å². The van der Waals surface area contributed by atoms with Crippen molar-refractivity contribution in [2.24, 2.45) is 5.92 Å². The van der Waals surface area contributed by atoms with Gasteiger partial charge in [0.15, 0.2) is 0 Å². The monoisotopic (exact) mass is 224 g/mol. The molecular weight excluding hydrogens is 204 g/mol. The molecule has 1 amide bonds. The lowest BCUT2D eigenvalue weighted by Gasteiger charge is -2.39. The molecule has 0 radical (unpaired) electrons. The molecule has 2 fully saturated rings. The largest absolute Gasteiger partial charge is 0.337 e. The van der Waals surface area contributed by atoms with Crippen molar-refractivity contribution in [2.75, 3.05) is 6.54 Å². The number of rotatable bonds is 3. The number of piperidine rings is 1. The topological polar surface area (TPSA) is 49.4 Å². The van der Waals surface area contributed by atoms with Crippen LogP contribution in [0.2, 0.25) is 0 Å². The van der Waals surface area contributed by atoms with E-state index in [1.165, 1.54) is 0 Å². The van der Waals surface area contributed by atoms with Crippen molar-refractivity contribution in [3.8, 4) is 0 Å². The number of amides is 1. The first-order valence-corrected chi connectivity index (χ1v) is 6.14. The molecule has 0 bridgehead atoms. The zero-order valence-electron chi connectivity index (χ0n) is 9.98. The lowest BCUT2D eigenvalue weighted by atomic mass is 9.89. The van der Waals surface area contributed by atoms with Gasteiger partial charge in [0.2, 0.25) is 5.91 Å². The Morgan fingerprint density at radius 2 is 2.25 bits per heavy atom. The highest BCUT2D eigenvalue weighted by Crippen LogP contribution is 2.32. The Kier molecular flexibility index (Phi) is 3.28. The summed E-state index contributed by atoms with van der Waals surface area (Å²) in [5, 5.41) is 3.49. The van der Waals surface area contributed by atoms with Crippen molar-refractivity contribution in [2.45, 2.75) is 51.2 Å². The van der Waals surface area contributed by atoms with Gasteiger partial charge in [0.05, 0.1) is 6.04 Å². The molecule has 3 atom stereocenters. The molecule has 1 N–H and O–H groups in total. The van der Waals surface area contributed by atoms with Gasteiger partial charge in [-0.1, -0.05) is 13.8 Å². The molecule has 0 aliphatic carbocycles. The van der Waals surface area contributed by atoms with Crippen LogP contribution in [0.5, 0.6) is 0 Å². The number of aldehydes is 1. The molecule has 3 unspecified atom stereocenters. The van der Waals surface area contributed by atoms with Crippen LogP contribution < -0.4 is 5.32 Å². The first kappa shape index (κ1) is 11.6. The van der Waals surface area contributed by atoms with Crippen LogP contribution in [0.4, 0.5) is 0 Å². The van der Waals surface area contributed by atoms with Crippen molar-refractivity contribution in [1.29, 1.82) is 0 Å². The summed E-state index contributed by atoms with van der Waals surface area (Å²) in [7, 11) is 0. The molecule has 90 valence electrons. The molecule has 2 heterocycles. The van der Waals surface area contributed by atoms with Gasteiger partial charge in [0.1, 0.15) is 6.29 Å². The first-order chi connectivity index (χ1) is 7.63. The van der Waals surface area contributed by atoms with Crippen LogP contribution in [0, 0.1) is 5.92 Å². The number of nitrogens with one attached hydrogen (secondary N) is 1. The third-order valence-corrected chi connectivity index (χ3v) is 3.58. The van der Waals surface area contributed by atoms with Gasteiger partial charge in [-0.05, 0) is 12.8 Å². The SMILES string of the molecule is CC(C)NC1CCCN2C(=O)CC(C=O)C12. The summed E-state index contributed by atoms with van der Waals surface area (Å²) in [6.07, 6.45) is 3.47. The molecule has 0 aromatic rings. The number of nitrogens with zero attached hydrogens (tertiary/aromatic N) is 1. The van der Waals surface area contributed by atoms with E-state index in [1.807, 2.05) is 4.90 Å². The van der Waals surface area contributed by atoms with Crippen molar-refractivity contribution < 1.29 is 9.59 Å². The van der Waals surface area contributed by atoms with E-state index in [-0.39, 0.29) is 23.9 Å². The van der Waals surface area contributed by atoms with E-state index in [4.69, 9.17) is 0 Å². The first-order valence-electron chi connectivity index (χ1n) is 6.14. The van der Waals surface area contributed by atoms with Crippen molar-refractivity contribution in [3.63, 3.8) is 0 Å². The van der Waals surface area contributed by atoms with Crippen molar-refractivity contribution in [3.05, 3.63) is 0 Å². The third kappa shape index (κ3) is 1.98. The van der Waals surface area contributed by atoms with E-state index < -0.39 is 0 Å². The Bertz CT molecular complexity index is 291. The number of hydrogen-bond donors (Lipinski definition) is 1. The zero-order valence-corrected chi connectivity index (χ0v) is 9.98. The van der Waals surface area contributed by atoms with Gasteiger partial charge >= 0.3 is 0 Å². The number of carbonyl (C=O) groups is 2. The van der Waals surface area contributed by atoms with Gasteiger partial charge in [0, 0.05) is 31.0 Å². The fourth-order valence-electron chi connectivity index (χ4n) is 3.02. The molecule has 2 aliphatic rings. The zero-order chi connectivity index (χ0) is 11.7. The maximum absolute atomic E-state index is 11.7. The highest BCUT2D eigenvalue weighted by Gasteiger charge is 2.45. The van der Waals surface area contributed by atoms with Crippen LogP contribution in [0.1, 0.15) is 33.1 Å². The summed E-state index contributed by atoms with van der Waals surface area (Å²) in [5.41, 5.74) is 0. The molecule has 2 saturated heterocycles. The average molecular weight is 224 g/mol. The second kappa shape index (κ2) is 4.53. The van der Waals surface area contributed by atoms with Crippen LogP contribution in [-0.2, 0) is 9.59 Å². The van der Waals surface area contributed by atoms with Crippen LogP contribution in [0.15, 0.2) is 0 Å². The van der Waals surface area contributed by atoms with E-state index >= 15 is 0 Å². The molecule has 2 aliphatic heterocycles. The minimum absolute atomic E-state index is 0.0983. The van der Waals surface area contributed by atoms with Gasteiger partial charge < -0.3 is 15.0 Å². The minimum Gasteiger partial charge on any atom is -0.337 e. The van der Waals surface area contributed by atoms with Crippen molar-refractivity contribution in [1.82, 2.24) is 10.2 Å². The number of hydrogen-bond acceptors (Lipinski definition) is 3. The summed E-state index contributed by atoms with van der Waals surface area (Å²) < 4.78 is 0. The maximum atomic E-state index is 11.7. The second-order valence-electron chi connectivity index (χ2n) is 5.15. The summed E-state index contributed by atoms with van der Waals surface area (Å²) in [6, 6.07) is 0.782. The van der Waals surface area contributed by atoms with Crippen LogP contribution in [0.3, 0.4) is 0 Å². The fraction of sp³-hybridized carbons (Fsp3) is 0.833. The Morgan fingerprint density at radius 1 is 1.50 bits per heavy atom. The van der Waals surface area contributed by atoms with E-state index in [1.54, 1.807) is 0 Å². The highest BCUT2D eigenvalue weighted by molar-refractivity contribution is 5.84. The van der Waals surface area contributed by atoms with E-state index in [9.17, 15) is 9.59 Å². The lowest BCUT2D eigenvalue weighted by molar-refractivity contribution is -0.130. The normalized spacial score (nSPS) is 34.3. The average Bonchev–Trinajstić information content (AvgIpc) is 2.56. The summed E-state index contributed by atoms with van der Waals surface area (Å²) in [4.78, 5) is 24.7. The van der Waals surface area contributed by atoms with E-state index in [0.29, 0.717) is 12.5 Å². The summed E-state index contributed by atoms with van der Waals surface area (Å²) in [6.45, 7) is 5.03. The summed E-state index contributed by atoms with van der Waals surface area (Å²) >= 11 is 0. The van der Waals surface area contributed by atoms with Crippen molar-refractivity contribution >= 4 is 12.2 Å². The predicted octanol–water partition coefficient (Wildman–Crippen LogP) is 0.563. The summed E-state index contributed by atoms with van der Waals surface area (Å²) in [5.74, 6) is 0.0430. The molecule has 4 nitrogen and oxygen atoms in total. The maximum Gasteiger partial charge on any atom is 0.223 e. The Hall–Kier alpha value is -0.900. The highest BCUT2D eigenvalue weighted by atomic mass is 16.2. The molecule has 4 heteroatoms. The third-order valence-electron chi connectivity index (χ3n) is 3.58. The Balaban J connectivity index is 2.14. The molecule has 2 rings (SSSR count). The van der Waals surface area contributed by atoms with Gasteiger partial charge in [-0.2, -0.15) is 0 Å². The molecule has 0 aromatic heterocycles.